The quantitative estimate of drug-likeness (QED) is 0.694. The van der Waals surface area contributed by atoms with Crippen molar-refractivity contribution < 1.29 is 14.0 Å². The maximum Gasteiger partial charge on any atom is 0.276 e. The van der Waals surface area contributed by atoms with Crippen LogP contribution in [0.4, 0.5) is 10.1 Å². The van der Waals surface area contributed by atoms with E-state index in [1.807, 2.05) is 6.92 Å². The van der Waals surface area contributed by atoms with Crippen molar-refractivity contribution in [1.82, 2.24) is 29.7 Å². The number of anilines is 1. The molecular formula is C20H22FN7O2. The zero-order valence-corrected chi connectivity index (χ0v) is 16.5. The summed E-state index contributed by atoms with van der Waals surface area (Å²) in [4.78, 5) is 26.9. The third-order valence-electron chi connectivity index (χ3n) is 5.18. The molecule has 4 rings (SSSR count). The molecule has 0 atom stereocenters. The van der Waals surface area contributed by atoms with Crippen molar-refractivity contribution in [3.63, 3.8) is 0 Å². The van der Waals surface area contributed by atoms with Crippen LogP contribution in [0.2, 0.25) is 0 Å². The lowest BCUT2D eigenvalue weighted by atomic mass is 9.95. The molecule has 1 N–H and O–H groups in total. The summed E-state index contributed by atoms with van der Waals surface area (Å²) < 4.78 is 16.2. The molecule has 1 aliphatic heterocycles. The van der Waals surface area contributed by atoms with Gasteiger partial charge in [-0.3, -0.25) is 14.3 Å². The van der Waals surface area contributed by atoms with E-state index in [1.54, 1.807) is 34.1 Å². The third-order valence-corrected chi connectivity index (χ3v) is 5.18. The minimum atomic E-state index is -0.346. The van der Waals surface area contributed by atoms with Crippen molar-refractivity contribution in [3.8, 4) is 5.69 Å². The lowest BCUT2D eigenvalue weighted by molar-refractivity contribution is -0.121. The fraction of sp³-hybridized carbons (Fsp3) is 0.350. The highest BCUT2D eigenvalue weighted by atomic mass is 19.1. The van der Waals surface area contributed by atoms with Gasteiger partial charge in [-0.2, -0.15) is 5.10 Å². The van der Waals surface area contributed by atoms with Crippen LogP contribution in [0.3, 0.4) is 0 Å². The van der Waals surface area contributed by atoms with Crippen molar-refractivity contribution in [3.05, 3.63) is 54.4 Å². The number of hydrogen-bond donors (Lipinski definition) is 1. The number of benzene rings is 1. The Hall–Kier alpha value is -3.56. The monoisotopic (exact) mass is 411 g/mol. The van der Waals surface area contributed by atoms with Crippen LogP contribution in [0.5, 0.6) is 0 Å². The van der Waals surface area contributed by atoms with Gasteiger partial charge in [-0.25, -0.2) is 9.07 Å². The van der Waals surface area contributed by atoms with Crippen LogP contribution in [-0.4, -0.2) is 54.6 Å². The maximum atomic E-state index is 13.1. The number of nitrogens with zero attached hydrogens (tertiary/aromatic N) is 6. The lowest BCUT2D eigenvalue weighted by Gasteiger charge is -2.30. The molecular weight excluding hydrogens is 389 g/mol. The van der Waals surface area contributed by atoms with E-state index in [0.29, 0.717) is 37.3 Å². The second-order valence-electron chi connectivity index (χ2n) is 7.17. The molecule has 2 amide bonds. The van der Waals surface area contributed by atoms with Gasteiger partial charge >= 0.3 is 0 Å². The van der Waals surface area contributed by atoms with Gasteiger partial charge in [0.15, 0.2) is 5.69 Å². The molecule has 1 aliphatic rings. The van der Waals surface area contributed by atoms with E-state index < -0.39 is 0 Å². The van der Waals surface area contributed by atoms with E-state index in [2.05, 4.69) is 20.7 Å². The standard InChI is InChI=1S/C20H22FN7O2/c1-2-27-12-16(11-22-27)23-19(29)14-7-9-26(10-8-14)20(30)18-13-28(25-24-18)17-5-3-15(21)4-6-17/h3-6,11-14H,2,7-10H2,1H3,(H,23,29). The number of amides is 2. The van der Waals surface area contributed by atoms with Gasteiger partial charge in [0.1, 0.15) is 5.82 Å². The zero-order valence-electron chi connectivity index (χ0n) is 16.5. The highest BCUT2D eigenvalue weighted by molar-refractivity contribution is 5.94. The summed E-state index contributed by atoms with van der Waals surface area (Å²) in [5, 5.41) is 14.9. The van der Waals surface area contributed by atoms with Gasteiger partial charge in [0.05, 0.1) is 23.8 Å². The summed E-state index contributed by atoms with van der Waals surface area (Å²) in [6, 6.07) is 5.77. The van der Waals surface area contributed by atoms with Gasteiger partial charge < -0.3 is 10.2 Å². The number of halogens is 1. The van der Waals surface area contributed by atoms with Crippen molar-refractivity contribution in [1.29, 1.82) is 0 Å². The molecule has 156 valence electrons. The van der Waals surface area contributed by atoms with Crippen LogP contribution >= 0.6 is 0 Å². The Labute approximate surface area is 172 Å². The first-order chi connectivity index (χ1) is 14.5. The molecule has 0 saturated carbocycles. The van der Waals surface area contributed by atoms with Crippen LogP contribution in [0.15, 0.2) is 42.9 Å². The number of carbonyl (C=O) groups is 2. The predicted octanol–water partition coefficient (Wildman–Crippen LogP) is 2.11. The second-order valence-corrected chi connectivity index (χ2v) is 7.17. The Balaban J connectivity index is 1.33. The van der Waals surface area contributed by atoms with Crippen LogP contribution in [0.25, 0.3) is 5.69 Å². The summed E-state index contributed by atoms with van der Waals surface area (Å²) in [6.45, 7) is 3.65. The Kier molecular flexibility index (Phi) is 5.55. The first-order valence-corrected chi connectivity index (χ1v) is 9.84. The molecule has 30 heavy (non-hydrogen) atoms. The highest BCUT2D eigenvalue weighted by Crippen LogP contribution is 2.21. The molecule has 3 heterocycles. The van der Waals surface area contributed by atoms with Gasteiger partial charge in [-0.1, -0.05) is 5.21 Å². The normalized spacial score (nSPS) is 14.7. The van der Waals surface area contributed by atoms with Crippen molar-refractivity contribution in [2.75, 3.05) is 18.4 Å². The Morgan fingerprint density at radius 2 is 1.90 bits per heavy atom. The van der Waals surface area contributed by atoms with E-state index in [-0.39, 0.29) is 29.2 Å². The number of likely N-dealkylation sites (tertiary alicyclic amines) is 1. The lowest BCUT2D eigenvalue weighted by Crippen LogP contribution is -2.41. The summed E-state index contributed by atoms with van der Waals surface area (Å²) in [7, 11) is 0. The van der Waals surface area contributed by atoms with Crippen LogP contribution in [-0.2, 0) is 11.3 Å². The van der Waals surface area contributed by atoms with E-state index in [9.17, 15) is 14.0 Å². The molecule has 1 fully saturated rings. The number of hydrogen-bond acceptors (Lipinski definition) is 5. The van der Waals surface area contributed by atoms with Crippen LogP contribution < -0.4 is 5.32 Å². The Morgan fingerprint density at radius 1 is 1.17 bits per heavy atom. The van der Waals surface area contributed by atoms with Gasteiger partial charge in [0, 0.05) is 31.7 Å². The number of aromatic nitrogens is 5. The van der Waals surface area contributed by atoms with Crippen molar-refractivity contribution >= 4 is 17.5 Å². The molecule has 0 bridgehead atoms. The first kappa shape index (κ1) is 19.7. The van der Waals surface area contributed by atoms with Crippen LogP contribution in [0.1, 0.15) is 30.3 Å². The van der Waals surface area contributed by atoms with Crippen molar-refractivity contribution in [2.24, 2.45) is 5.92 Å². The molecule has 0 radical (unpaired) electrons. The minimum absolute atomic E-state index is 0.0555. The average molecular weight is 411 g/mol. The molecule has 9 nitrogen and oxygen atoms in total. The number of rotatable bonds is 5. The smallest absolute Gasteiger partial charge is 0.276 e. The topological polar surface area (TPSA) is 97.9 Å². The summed E-state index contributed by atoms with van der Waals surface area (Å²) >= 11 is 0. The van der Waals surface area contributed by atoms with E-state index in [0.717, 1.165) is 6.54 Å². The molecule has 0 aliphatic carbocycles. The Bertz CT molecular complexity index is 1040. The van der Waals surface area contributed by atoms with Crippen molar-refractivity contribution in [2.45, 2.75) is 26.3 Å². The highest BCUT2D eigenvalue weighted by Gasteiger charge is 2.29. The summed E-state index contributed by atoms with van der Waals surface area (Å²) in [6.07, 6.45) is 6.10. The maximum absolute atomic E-state index is 13.1. The van der Waals surface area contributed by atoms with Gasteiger partial charge in [-0.15, -0.1) is 5.10 Å². The van der Waals surface area contributed by atoms with Gasteiger partial charge in [-0.05, 0) is 44.0 Å². The zero-order chi connectivity index (χ0) is 21.1. The van der Waals surface area contributed by atoms with Gasteiger partial charge in [0.25, 0.3) is 5.91 Å². The number of piperidine rings is 1. The van der Waals surface area contributed by atoms with Crippen LogP contribution in [0, 0.1) is 11.7 Å². The number of carbonyl (C=O) groups excluding carboxylic acids is 2. The Morgan fingerprint density at radius 3 is 2.57 bits per heavy atom. The molecule has 2 aromatic heterocycles. The predicted molar refractivity (Wildman–Crippen MR) is 106 cm³/mol. The second kappa shape index (κ2) is 8.44. The summed E-state index contributed by atoms with van der Waals surface area (Å²) in [5.74, 6) is -0.790. The molecule has 0 unspecified atom stereocenters. The molecule has 1 aromatic carbocycles. The van der Waals surface area contributed by atoms with E-state index in [4.69, 9.17) is 0 Å². The van der Waals surface area contributed by atoms with Gasteiger partial charge in [0.2, 0.25) is 5.91 Å². The largest absolute Gasteiger partial charge is 0.337 e. The fourth-order valence-electron chi connectivity index (χ4n) is 3.43. The molecule has 3 aromatic rings. The number of aryl methyl sites for hydroxylation is 1. The third kappa shape index (κ3) is 4.22. The SMILES string of the molecule is CCn1cc(NC(=O)C2CCN(C(=O)c3cn(-c4ccc(F)cc4)nn3)CC2)cn1. The van der Waals surface area contributed by atoms with E-state index >= 15 is 0 Å². The fourth-order valence-corrected chi connectivity index (χ4v) is 3.43. The molecule has 1 saturated heterocycles. The summed E-state index contributed by atoms with van der Waals surface area (Å²) in [5.41, 5.74) is 1.51. The first-order valence-electron chi connectivity index (χ1n) is 9.84. The molecule has 10 heteroatoms. The minimum Gasteiger partial charge on any atom is -0.337 e. The number of nitrogens with one attached hydrogen (secondary N) is 1. The average Bonchev–Trinajstić information content (AvgIpc) is 3.43. The molecule has 0 spiro atoms. The van der Waals surface area contributed by atoms with E-state index in [1.165, 1.54) is 23.0 Å².